The third-order valence-corrected chi connectivity index (χ3v) is 2.77. The molecule has 2 N–H and O–H groups in total. The number of rotatable bonds is 6. The van der Waals surface area contributed by atoms with E-state index < -0.39 is 5.97 Å². The van der Waals surface area contributed by atoms with Gasteiger partial charge in [0.25, 0.3) is 5.91 Å². The number of nitrogens with one attached hydrogen (secondary N) is 1. The summed E-state index contributed by atoms with van der Waals surface area (Å²) in [5, 5.41) is 15.7. The highest BCUT2D eigenvalue weighted by Gasteiger charge is 2.15. The van der Waals surface area contributed by atoms with Crippen LogP contribution in [0.4, 0.5) is 0 Å². The van der Waals surface area contributed by atoms with Crippen molar-refractivity contribution in [2.75, 3.05) is 0 Å². The van der Waals surface area contributed by atoms with Crippen molar-refractivity contribution in [3.05, 3.63) is 42.5 Å². The van der Waals surface area contributed by atoms with Crippen LogP contribution in [0.25, 0.3) is 0 Å². The van der Waals surface area contributed by atoms with E-state index in [1.807, 2.05) is 19.2 Å². The van der Waals surface area contributed by atoms with Gasteiger partial charge in [0.15, 0.2) is 0 Å². The van der Waals surface area contributed by atoms with E-state index in [4.69, 9.17) is 5.11 Å². The minimum atomic E-state index is -0.986. The van der Waals surface area contributed by atoms with Gasteiger partial charge in [0, 0.05) is 24.6 Å². The molecule has 0 fully saturated rings. The van der Waals surface area contributed by atoms with Gasteiger partial charge in [-0.3, -0.25) is 14.3 Å². The highest BCUT2D eigenvalue weighted by atomic mass is 16.4. The third kappa shape index (κ3) is 3.47. The van der Waals surface area contributed by atoms with Crippen molar-refractivity contribution in [2.24, 2.45) is 0 Å². The predicted octanol–water partition coefficient (Wildman–Crippen LogP) is 0.588. The fraction of sp³-hybridized carbons (Fsp3) is 0.308. The first kappa shape index (κ1) is 13.9. The van der Waals surface area contributed by atoms with Crippen molar-refractivity contribution in [1.29, 1.82) is 0 Å². The molecule has 7 heteroatoms. The van der Waals surface area contributed by atoms with Gasteiger partial charge in [-0.2, -0.15) is 5.10 Å². The summed E-state index contributed by atoms with van der Waals surface area (Å²) in [6.07, 6.45) is 5.06. The molecule has 106 valence electrons. The number of carbonyl (C=O) groups is 2. The van der Waals surface area contributed by atoms with E-state index in [-0.39, 0.29) is 18.5 Å². The Morgan fingerprint density at radius 1 is 1.40 bits per heavy atom. The lowest BCUT2D eigenvalue weighted by Crippen LogP contribution is -2.37. The molecule has 1 unspecified atom stereocenters. The van der Waals surface area contributed by atoms with Gasteiger partial charge < -0.3 is 15.0 Å². The normalized spacial score (nSPS) is 12.1. The molecule has 2 rings (SSSR count). The fourth-order valence-corrected chi connectivity index (χ4v) is 1.94. The standard InChI is InChI=1S/C13H16N4O3/c1-10(8-17-7-3-5-14-17)15-13(20)11-4-2-6-16(11)9-12(18)19/h2-7,10H,8-9H2,1H3,(H,15,20)(H,18,19). The Hall–Kier alpha value is -2.57. The largest absolute Gasteiger partial charge is 0.480 e. The van der Waals surface area contributed by atoms with Gasteiger partial charge in [-0.05, 0) is 25.1 Å². The molecule has 2 aromatic heterocycles. The number of amides is 1. The van der Waals surface area contributed by atoms with E-state index in [1.165, 1.54) is 4.57 Å². The molecule has 2 heterocycles. The van der Waals surface area contributed by atoms with E-state index in [0.717, 1.165) is 0 Å². The number of aromatic nitrogens is 3. The lowest BCUT2D eigenvalue weighted by Gasteiger charge is -2.14. The number of nitrogens with zero attached hydrogens (tertiary/aromatic N) is 3. The molecule has 0 bridgehead atoms. The van der Waals surface area contributed by atoms with Crippen molar-refractivity contribution < 1.29 is 14.7 Å². The Balaban J connectivity index is 1.97. The summed E-state index contributed by atoms with van der Waals surface area (Å²) >= 11 is 0. The van der Waals surface area contributed by atoms with Crippen molar-refractivity contribution in [1.82, 2.24) is 19.7 Å². The molecule has 0 aliphatic rings. The average molecular weight is 276 g/mol. The smallest absolute Gasteiger partial charge is 0.323 e. The van der Waals surface area contributed by atoms with Gasteiger partial charge in [0.2, 0.25) is 0 Å². The van der Waals surface area contributed by atoms with Crippen molar-refractivity contribution >= 4 is 11.9 Å². The minimum absolute atomic E-state index is 0.115. The summed E-state index contributed by atoms with van der Waals surface area (Å²) in [4.78, 5) is 22.8. The summed E-state index contributed by atoms with van der Waals surface area (Å²) < 4.78 is 3.12. The van der Waals surface area contributed by atoms with Crippen molar-refractivity contribution in [3.63, 3.8) is 0 Å². The van der Waals surface area contributed by atoms with E-state index in [0.29, 0.717) is 12.2 Å². The molecule has 2 aromatic rings. The van der Waals surface area contributed by atoms with Crippen molar-refractivity contribution in [3.8, 4) is 0 Å². The molecule has 0 aliphatic carbocycles. The van der Waals surface area contributed by atoms with Crippen LogP contribution in [0.15, 0.2) is 36.8 Å². The van der Waals surface area contributed by atoms with E-state index in [1.54, 1.807) is 29.2 Å². The van der Waals surface area contributed by atoms with E-state index in [2.05, 4.69) is 10.4 Å². The maximum Gasteiger partial charge on any atom is 0.323 e. The first-order chi connectivity index (χ1) is 9.56. The first-order valence-electron chi connectivity index (χ1n) is 6.21. The van der Waals surface area contributed by atoms with Gasteiger partial charge >= 0.3 is 5.97 Å². The van der Waals surface area contributed by atoms with Crippen molar-refractivity contribution in [2.45, 2.75) is 26.1 Å². The van der Waals surface area contributed by atoms with Crippen LogP contribution in [0.5, 0.6) is 0 Å². The number of carboxylic acids is 1. The SMILES string of the molecule is CC(Cn1cccn1)NC(=O)c1cccn1CC(=O)O. The van der Waals surface area contributed by atoms with Gasteiger partial charge in [-0.1, -0.05) is 0 Å². The number of carboxylic acid groups (broad SMARTS) is 1. The Morgan fingerprint density at radius 2 is 2.20 bits per heavy atom. The number of hydrogen-bond donors (Lipinski definition) is 2. The van der Waals surface area contributed by atoms with Gasteiger partial charge in [-0.15, -0.1) is 0 Å². The topological polar surface area (TPSA) is 89.2 Å². The molecule has 7 nitrogen and oxygen atoms in total. The predicted molar refractivity (Wildman–Crippen MR) is 71.2 cm³/mol. The number of aliphatic carboxylic acids is 1. The second-order valence-electron chi connectivity index (χ2n) is 4.52. The Bertz CT molecular complexity index is 589. The summed E-state index contributed by atoms with van der Waals surface area (Å²) in [6, 6.07) is 4.94. The monoisotopic (exact) mass is 276 g/mol. The van der Waals surface area contributed by atoms with Gasteiger partial charge in [0.1, 0.15) is 12.2 Å². The molecule has 1 atom stereocenters. The maximum absolute atomic E-state index is 12.1. The van der Waals surface area contributed by atoms with E-state index >= 15 is 0 Å². The van der Waals surface area contributed by atoms with Crippen LogP contribution in [0, 0.1) is 0 Å². The van der Waals surface area contributed by atoms with Gasteiger partial charge in [-0.25, -0.2) is 0 Å². The second kappa shape index (κ2) is 6.05. The number of carbonyl (C=O) groups excluding carboxylic acids is 1. The Morgan fingerprint density at radius 3 is 2.85 bits per heavy atom. The fourth-order valence-electron chi connectivity index (χ4n) is 1.94. The van der Waals surface area contributed by atoms with E-state index in [9.17, 15) is 9.59 Å². The Kier molecular flexibility index (Phi) is 4.19. The van der Waals surface area contributed by atoms with Crippen LogP contribution in [0.3, 0.4) is 0 Å². The minimum Gasteiger partial charge on any atom is -0.480 e. The zero-order valence-corrected chi connectivity index (χ0v) is 11.1. The van der Waals surface area contributed by atoms with Crippen LogP contribution in [-0.4, -0.2) is 37.4 Å². The molecular formula is C13H16N4O3. The van der Waals surface area contributed by atoms with Crippen LogP contribution >= 0.6 is 0 Å². The quantitative estimate of drug-likeness (QED) is 0.808. The molecule has 1 amide bonds. The van der Waals surface area contributed by atoms with Crippen LogP contribution in [0.2, 0.25) is 0 Å². The lowest BCUT2D eigenvalue weighted by atomic mass is 10.3. The molecular weight excluding hydrogens is 260 g/mol. The molecule has 0 radical (unpaired) electrons. The molecule has 0 spiro atoms. The molecule has 0 aliphatic heterocycles. The molecule has 0 saturated carbocycles. The van der Waals surface area contributed by atoms with Crippen LogP contribution < -0.4 is 5.32 Å². The summed E-state index contributed by atoms with van der Waals surface area (Å²) in [5.74, 6) is -1.28. The zero-order chi connectivity index (χ0) is 14.5. The Labute approximate surface area is 115 Å². The molecule has 20 heavy (non-hydrogen) atoms. The third-order valence-electron chi connectivity index (χ3n) is 2.77. The highest BCUT2D eigenvalue weighted by Crippen LogP contribution is 2.03. The lowest BCUT2D eigenvalue weighted by molar-refractivity contribution is -0.137. The first-order valence-corrected chi connectivity index (χ1v) is 6.21. The molecule has 0 aromatic carbocycles. The number of hydrogen-bond acceptors (Lipinski definition) is 3. The highest BCUT2D eigenvalue weighted by molar-refractivity contribution is 5.93. The summed E-state index contributed by atoms with van der Waals surface area (Å²) in [5.41, 5.74) is 0.333. The maximum atomic E-state index is 12.1. The summed E-state index contributed by atoms with van der Waals surface area (Å²) in [7, 11) is 0. The average Bonchev–Trinajstić information content (AvgIpc) is 2.99. The van der Waals surface area contributed by atoms with Crippen LogP contribution in [0.1, 0.15) is 17.4 Å². The molecule has 0 saturated heterocycles. The second-order valence-corrected chi connectivity index (χ2v) is 4.52. The summed E-state index contributed by atoms with van der Waals surface area (Å²) in [6.45, 7) is 2.19. The van der Waals surface area contributed by atoms with Gasteiger partial charge in [0.05, 0.1) is 6.54 Å². The zero-order valence-electron chi connectivity index (χ0n) is 11.1. The van der Waals surface area contributed by atoms with Crippen LogP contribution in [-0.2, 0) is 17.9 Å².